The Bertz CT molecular complexity index is 1060. The van der Waals surface area contributed by atoms with Crippen molar-refractivity contribution in [1.29, 1.82) is 0 Å². The largest absolute Gasteiger partial charge is 0.494 e. The van der Waals surface area contributed by atoms with Crippen LogP contribution in [0.5, 0.6) is 5.75 Å². The van der Waals surface area contributed by atoms with E-state index >= 15 is 0 Å². The fourth-order valence-electron chi connectivity index (χ4n) is 3.28. The summed E-state index contributed by atoms with van der Waals surface area (Å²) in [4.78, 5) is 11.9. The predicted octanol–water partition coefficient (Wildman–Crippen LogP) is 5.33. The van der Waals surface area contributed by atoms with Crippen molar-refractivity contribution in [1.82, 2.24) is 9.97 Å². The number of para-hydroxylation sites is 1. The summed E-state index contributed by atoms with van der Waals surface area (Å²) in [5.74, 6) is 2.50. The number of fused-ring (bicyclic) bond motifs is 1. The first-order valence-electron chi connectivity index (χ1n) is 9.49. The first kappa shape index (κ1) is 18.0. The Morgan fingerprint density at radius 1 is 0.821 bits per heavy atom. The Morgan fingerprint density at radius 3 is 2.29 bits per heavy atom. The lowest BCUT2D eigenvalue weighted by atomic mass is 10.1. The van der Waals surface area contributed by atoms with Crippen molar-refractivity contribution in [3.05, 3.63) is 84.4 Å². The number of nitrogens with zero attached hydrogens (tertiary/aromatic N) is 3. The van der Waals surface area contributed by atoms with Crippen LogP contribution in [0.15, 0.2) is 78.9 Å². The predicted molar refractivity (Wildman–Crippen MR) is 115 cm³/mol. The summed E-state index contributed by atoms with van der Waals surface area (Å²) in [6.07, 6.45) is 0. The highest BCUT2D eigenvalue weighted by atomic mass is 16.5. The lowest BCUT2D eigenvalue weighted by Crippen LogP contribution is -2.18. The van der Waals surface area contributed by atoms with Crippen LogP contribution in [0, 0.1) is 0 Å². The smallest absolute Gasteiger partial charge is 0.162 e. The average Bonchev–Trinajstić information content (AvgIpc) is 2.74. The molecule has 0 fully saturated rings. The van der Waals surface area contributed by atoms with Gasteiger partial charge in [0.25, 0.3) is 0 Å². The van der Waals surface area contributed by atoms with Gasteiger partial charge in [-0.1, -0.05) is 42.5 Å². The molecule has 4 rings (SSSR count). The van der Waals surface area contributed by atoms with E-state index in [9.17, 15) is 0 Å². The molecule has 0 aliphatic rings. The summed E-state index contributed by atoms with van der Waals surface area (Å²) in [7, 11) is 2.07. The molecule has 0 saturated carbocycles. The van der Waals surface area contributed by atoms with Gasteiger partial charge >= 0.3 is 0 Å². The molecule has 0 bridgehead atoms. The number of hydrogen-bond acceptors (Lipinski definition) is 4. The van der Waals surface area contributed by atoms with Crippen LogP contribution in [-0.4, -0.2) is 23.6 Å². The number of benzene rings is 3. The first-order chi connectivity index (χ1) is 13.7. The molecule has 0 spiro atoms. The van der Waals surface area contributed by atoms with Crippen LogP contribution in [0.1, 0.15) is 12.5 Å². The molecule has 0 radical (unpaired) electrons. The molecule has 0 aliphatic carbocycles. The summed E-state index contributed by atoms with van der Waals surface area (Å²) in [6, 6.07) is 26.5. The molecule has 4 nitrogen and oxygen atoms in total. The average molecular weight is 369 g/mol. The van der Waals surface area contributed by atoms with E-state index in [1.807, 2.05) is 55.5 Å². The zero-order chi connectivity index (χ0) is 19.3. The molecule has 3 aromatic carbocycles. The minimum absolute atomic E-state index is 0.653. The van der Waals surface area contributed by atoms with Gasteiger partial charge in [0.05, 0.1) is 12.1 Å². The molecule has 28 heavy (non-hydrogen) atoms. The van der Waals surface area contributed by atoms with Crippen molar-refractivity contribution in [2.45, 2.75) is 13.5 Å². The summed E-state index contributed by atoms with van der Waals surface area (Å²) < 4.78 is 5.55. The summed E-state index contributed by atoms with van der Waals surface area (Å²) in [6.45, 7) is 3.42. The van der Waals surface area contributed by atoms with E-state index in [0.29, 0.717) is 6.61 Å². The van der Waals surface area contributed by atoms with Crippen LogP contribution >= 0.6 is 0 Å². The maximum atomic E-state index is 5.55. The van der Waals surface area contributed by atoms with Crippen LogP contribution in [-0.2, 0) is 6.54 Å². The lowest BCUT2D eigenvalue weighted by molar-refractivity contribution is 0.340. The molecular formula is C24H23N3O. The van der Waals surface area contributed by atoms with Crippen LogP contribution in [0.2, 0.25) is 0 Å². The van der Waals surface area contributed by atoms with E-state index in [2.05, 4.69) is 42.3 Å². The molecule has 1 aromatic heterocycles. The number of aromatic nitrogens is 2. The highest BCUT2D eigenvalue weighted by molar-refractivity contribution is 5.91. The Balaban J connectivity index is 1.74. The number of anilines is 1. The molecule has 4 heteroatoms. The van der Waals surface area contributed by atoms with Gasteiger partial charge in [0, 0.05) is 24.5 Å². The van der Waals surface area contributed by atoms with Crippen molar-refractivity contribution in [3.8, 4) is 17.1 Å². The number of rotatable bonds is 6. The molecule has 140 valence electrons. The maximum Gasteiger partial charge on any atom is 0.162 e. The van der Waals surface area contributed by atoms with Gasteiger partial charge in [-0.25, -0.2) is 9.97 Å². The standard InChI is InChI=1S/C24H23N3O/c1-3-28-20-15-13-19(14-16-20)23-25-22-12-8-7-11-21(22)24(26-23)27(2)17-18-9-5-4-6-10-18/h4-16H,3,17H2,1-2H3. The van der Waals surface area contributed by atoms with Gasteiger partial charge in [-0.2, -0.15) is 0 Å². The van der Waals surface area contributed by atoms with E-state index in [4.69, 9.17) is 14.7 Å². The van der Waals surface area contributed by atoms with Crippen LogP contribution in [0.3, 0.4) is 0 Å². The second kappa shape index (κ2) is 8.09. The first-order valence-corrected chi connectivity index (χ1v) is 9.49. The molecule has 0 atom stereocenters. The lowest BCUT2D eigenvalue weighted by Gasteiger charge is -2.21. The topological polar surface area (TPSA) is 38.2 Å². The van der Waals surface area contributed by atoms with Crippen molar-refractivity contribution in [2.75, 3.05) is 18.6 Å². The van der Waals surface area contributed by atoms with Gasteiger partial charge < -0.3 is 9.64 Å². The fourth-order valence-corrected chi connectivity index (χ4v) is 3.28. The molecule has 0 aliphatic heterocycles. The van der Waals surface area contributed by atoms with Crippen LogP contribution < -0.4 is 9.64 Å². The summed E-state index contributed by atoms with van der Waals surface area (Å²) >= 11 is 0. The molecule has 0 unspecified atom stereocenters. The van der Waals surface area contributed by atoms with E-state index in [1.165, 1.54) is 5.56 Å². The summed E-state index contributed by atoms with van der Waals surface area (Å²) in [5.41, 5.74) is 3.16. The molecule has 0 saturated heterocycles. The summed E-state index contributed by atoms with van der Waals surface area (Å²) in [5, 5.41) is 1.05. The molecule has 1 heterocycles. The zero-order valence-electron chi connectivity index (χ0n) is 16.2. The second-order valence-corrected chi connectivity index (χ2v) is 6.69. The molecular weight excluding hydrogens is 346 g/mol. The Labute approximate surface area is 165 Å². The van der Waals surface area contributed by atoms with Gasteiger partial charge in [-0.15, -0.1) is 0 Å². The third kappa shape index (κ3) is 3.81. The zero-order valence-corrected chi connectivity index (χ0v) is 16.2. The fraction of sp³-hybridized carbons (Fsp3) is 0.167. The normalized spacial score (nSPS) is 10.8. The van der Waals surface area contributed by atoms with Gasteiger partial charge in [-0.05, 0) is 48.9 Å². The van der Waals surface area contributed by atoms with E-state index in [1.54, 1.807) is 0 Å². The Kier molecular flexibility index (Phi) is 5.20. The second-order valence-electron chi connectivity index (χ2n) is 6.69. The quantitative estimate of drug-likeness (QED) is 0.460. The minimum atomic E-state index is 0.653. The third-order valence-electron chi connectivity index (χ3n) is 4.63. The monoisotopic (exact) mass is 369 g/mol. The molecule has 0 N–H and O–H groups in total. The van der Waals surface area contributed by atoms with E-state index < -0.39 is 0 Å². The van der Waals surface area contributed by atoms with Crippen LogP contribution in [0.25, 0.3) is 22.3 Å². The third-order valence-corrected chi connectivity index (χ3v) is 4.63. The number of hydrogen-bond donors (Lipinski definition) is 0. The molecule has 4 aromatic rings. The van der Waals surface area contributed by atoms with Gasteiger partial charge in [0.15, 0.2) is 5.82 Å². The van der Waals surface area contributed by atoms with Crippen LogP contribution in [0.4, 0.5) is 5.82 Å². The van der Waals surface area contributed by atoms with Crippen molar-refractivity contribution >= 4 is 16.7 Å². The maximum absolute atomic E-state index is 5.55. The Morgan fingerprint density at radius 2 is 1.54 bits per heavy atom. The van der Waals surface area contributed by atoms with Crippen molar-refractivity contribution < 1.29 is 4.74 Å². The van der Waals surface area contributed by atoms with E-state index in [0.717, 1.165) is 40.4 Å². The molecule has 0 amide bonds. The SMILES string of the molecule is CCOc1ccc(-c2nc(N(C)Cc3ccccc3)c3ccccc3n2)cc1. The Hall–Kier alpha value is -3.40. The highest BCUT2D eigenvalue weighted by Crippen LogP contribution is 2.28. The number of ether oxygens (including phenoxy) is 1. The minimum Gasteiger partial charge on any atom is -0.494 e. The van der Waals surface area contributed by atoms with Crippen molar-refractivity contribution in [3.63, 3.8) is 0 Å². The van der Waals surface area contributed by atoms with Gasteiger partial charge in [-0.3, -0.25) is 0 Å². The van der Waals surface area contributed by atoms with Gasteiger partial charge in [0.2, 0.25) is 0 Å². The highest BCUT2D eigenvalue weighted by Gasteiger charge is 2.13. The van der Waals surface area contributed by atoms with Crippen molar-refractivity contribution in [2.24, 2.45) is 0 Å². The van der Waals surface area contributed by atoms with E-state index in [-0.39, 0.29) is 0 Å². The van der Waals surface area contributed by atoms with Gasteiger partial charge in [0.1, 0.15) is 11.6 Å².